The summed E-state index contributed by atoms with van der Waals surface area (Å²) in [5.41, 5.74) is 4.44. The molecule has 136 valence electrons. The van der Waals surface area contributed by atoms with Gasteiger partial charge in [-0.1, -0.05) is 64.1 Å². The molecule has 0 spiro atoms. The number of allylic oxidation sites excluding steroid dienone is 3. The molecule has 0 N–H and O–H groups in total. The molecule has 0 heteroatoms. The minimum absolute atomic E-state index is 0. The Bertz CT molecular complexity index is 395. The quantitative estimate of drug-likeness (QED) is 0.334. The average Bonchev–Trinajstić information content (AvgIpc) is 2.61. The summed E-state index contributed by atoms with van der Waals surface area (Å²) in [5, 5.41) is 0. The Labute approximate surface area is 150 Å². The summed E-state index contributed by atoms with van der Waals surface area (Å²) in [6.07, 6.45) is 13.7. The van der Waals surface area contributed by atoms with Gasteiger partial charge in [0.15, 0.2) is 0 Å². The molecule has 0 aromatic heterocycles. The largest absolute Gasteiger partial charge is 0.103 e. The first-order valence-electron chi connectivity index (χ1n) is 9.07. The van der Waals surface area contributed by atoms with E-state index in [9.17, 15) is 0 Å². The van der Waals surface area contributed by atoms with E-state index in [1.165, 1.54) is 29.5 Å². The summed E-state index contributed by atoms with van der Waals surface area (Å²) < 4.78 is 0. The molecular formula is C23H44. The van der Waals surface area contributed by atoms with Crippen LogP contribution in [0, 0.1) is 0 Å². The lowest BCUT2D eigenvalue weighted by molar-refractivity contribution is 0.839. The van der Waals surface area contributed by atoms with Crippen molar-refractivity contribution in [2.75, 3.05) is 0 Å². The van der Waals surface area contributed by atoms with Crippen molar-refractivity contribution in [1.82, 2.24) is 0 Å². The first-order chi connectivity index (χ1) is 11.1. The van der Waals surface area contributed by atoms with E-state index >= 15 is 0 Å². The fourth-order valence-electron chi connectivity index (χ4n) is 1.84. The molecular weight excluding hydrogens is 276 g/mol. The molecule has 23 heavy (non-hydrogen) atoms. The highest BCUT2D eigenvalue weighted by atomic mass is 14.0. The standard InChI is InChI=1S/C15H22.2C4H8.3H2/c1-4-7-8-9-15-11-13(5-2)10-14(6-3)12-15;2*1-3-4-2;;;/h4,10-12H,1,5-9H2,2-3H3;2*3H,1,4H2,2H3;3*1H. The third-order valence-electron chi connectivity index (χ3n) is 3.38. The zero-order valence-electron chi connectivity index (χ0n) is 16.0. The third-order valence-corrected chi connectivity index (χ3v) is 3.38. The van der Waals surface area contributed by atoms with Crippen molar-refractivity contribution in [3.05, 3.63) is 72.9 Å². The molecule has 0 aliphatic rings. The molecule has 0 radical (unpaired) electrons. The topological polar surface area (TPSA) is 0 Å². The normalized spacial score (nSPS) is 8.87. The number of hydrogen-bond acceptors (Lipinski definition) is 0. The second kappa shape index (κ2) is 18.5. The molecule has 0 nitrogen and oxygen atoms in total. The molecule has 0 atom stereocenters. The highest BCUT2D eigenvalue weighted by Gasteiger charge is 1.98. The van der Waals surface area contributed by atoms with Crippen molar-refractivity contribution in [3.63, 3.8) is 0 Å². The highest BCUT2D eigenvalue weighted by molar-refractivity contribution is 5.30. The molecule has 0 unspecified atom stereocenters. The number of hydrogen-bond donors (Lipinski definition) is 0. The van der Waals surface area contributed by atoms with Crippen LogP contribution in [0.25, 0.3) is 0 Å². The molecule has 0 fully saturated rings. The Morgan fingerprint density at radius 1 is 0.739 bits per heavy atom. The smallest absolute Gasteiger partial charge is 0 e. The van der Waals surface area contributed by atoms with E-state index in [1.54, 1.807) is 0 Å². The van der Waals surface area contributed by atoms with E-state index in [1.807, 2.05) is 18.2 Å². The predicted octanol–water partition coefficient (Wildman–Crippen LogP) is 8.22. The zero-order valence-corrected chi connectivity index (χ0v) is 16.0. The minimum atomic E-state index is 0. The van der Waals surface area contributed by atoms with E-state index in [4.69, 9.17) is 0 Å². The molecule has 1 aromatic carbocycles. The lowest BCUT2D eigenvalue weighted by Gasteiger charge is -2.07. The molecule has 0 aliphatic carbocycles. The van der Waals surface area contributed by atoms with Gasteiger partial charge in [0.1, 0.15) is 0 Å². The Morgan fingerprint density at radius 3 is 1.43 bits per heavy atom. The number of benzene rings is 1. The van der Waals surface area contributed by atoms with Gasteiger partial charge in [-0.3, -0.25) is 0 Å². The van der Waals surface area contributed by atoms with Crippen LogP contribution in [0.1, 0.15) is 74.3 Å². The third kappa shape index (κ3) is 15.1. The number of aryl methyl sites for hydroxylation is 3. The fraction of sp³-hybridized carbons (Fsp3) is 0.478. The monoisotopic (exact) mass is 320 g/mol. The van der Waals surface area contributed by atoms with Crippen LogP contribution in [0.3, 0.4) is 0 Å². The summed E-state index contributed by atoms with van der Waals surface area (Å²) >= 11 is 0. The van der Waals surface area contributed by atoms with E-state index in [0.717, 1.165) is 32.1 Å². The van der Waals surface area contributed by atoms with Gasteiger partial charge in [-0.2, -0.15) is 0 Å². The summed E-state index contributed by atoms with van der Waals surface area (Å²) in [5.74, 6) is 0. The predicted molar refractivity (Wildman–Crippen MR) is 116 cm³/mol. The molecule has 0 amide bonds. The van der Waals surface area contributed by atoms with Gasteiger partial charge in [-0.05, 0) is 61.6 Å². The van der Waals surface area contributed by atoms with Crippen molar-refractivity contribution < 1.29 is 4.28 Å². The van der Waals surface area contributed by atoms with Crippen LogP contribution < -0.4 is 0 Å². The van der Waals surface area contributed by atoms with Gasteiger partial charge in [0, 0.05) is 4.28 Å². The number of rotatable bonds is 8. The van der Waals surface area contributed by atoms with E-state index in [0.29, 0.717) is 0 Å². The maximum atomic E-state index is 3.76. The van der Waals surface area contributed by atoms with Crippen LogP contribution in [0.5, 0.6) is 0 Å². The van der Waals surface area contributed by atoms with Crippen LogP contribution in [-0.4, -0.2) is 0 Å². The van der Waals surface area contributed by atoms with Gasteiger partial charge in [0.05, 0.1) is 0 Å². The molecule has 0 saturated carbocycles. The Morgan fingerprint density at radius 2 is 1.13 bits per heavy atom. The zero-order chi connectivity index (χ0) is 17.9. The van der Waals surface area contributed by atoms with Crippen LogP contribution in [-0.2, 0) is 19.3 Å². The van der Waals surface area contributed by atoms with E-state index in [2.05, 4.69) is 65.6 Å². The lowest BCUT2D eigenvalue weighted by Crippen LogP contribution is -1.92. The number of unbranched alkanes of at least 4 members (excludes halogenated alkanes) is 1. The van der Waals surface area contributed by atoms with Crippen molar-refractivity contribution in [2.45, 2.75) is 72.6 Å². The summed E-state index contributed by atoms with van der Waals surface area (Å²) in [4.78, 5) is 0. The molecule has 1 rings (SSSR count). The van der Waals surface area contributed by atoms with Gasteiger partial charge >= 0.3 is 0 Å². The molecule has 0 bridgehead atoms. The van der Waals surface area contributed by atoms with Crippen molar-refractivity contribution in [3.8, 4) is 0 Å². The summed E-state index contributed by atoms with van der Waals surface area (Å²) in [6, 6.07) is 7.03. The first kappa shape index (κ1) is 23.7. The van der Waals surface area contributed by atoms with Crippen LogP contribution in [0.15, 0.2) is 56.2 Å². The summed E-state index contributed by atoms with van der Waals surface area (Å²) in [6.45, 7) is 19.3. The maximum Gasteiger partial charge on any atom is 0 e. The van der Waals surface area contributed by atoms with Gasteiger partial charge < -0.3 is 0 Å². The van der Waals surface area contributed by atoms with Crippen LogP contribution in [0.4, 0.5) is 0 Å². The minimum Gasteiger partial charge on any atom is -0.103 e. The second-order valence-corrected chi connectivity index (χ2v) is 5.44. The van der Waals surface area contributed by atoms with Crippen LogP contribution >= 0.6 is 0 Å². The SMILES string of the molecule is C=CCC.C=CCC.C=CCCCc1cc(CC)cc(CC)c1.[HH].[HH].[HH]. The van der Waals surface area contributed by atoms with Gasteiger partial charge in [0.25, 0.3) is 0 Å². The van der Waals surface area contributed by atoms with Gasteiger partial charge in [0.2, 0.25) is 0 Å². The Hall–Kier alpha value is -1.56. The van der Waals surface area contributed by atoms with Crippen LogP contribution in [0.2, 0.25) is 0 Å². The van der Waals surface area contributed by atoms with Crippen molar-refractivity contribution >= 4 is 0 Å². The van der Waals surface area contributed by atoms with E-state index < -0.39 is 0 Å². The first-order valence-corrected chi connectivity index (χ1v) is 9.07. The lowest BCUT2D eigenvalue weighted by atomic mass is 9.99. The maximum absolute atomic E-state index is 3.76. The summed E-state index contributed by atoms with van der Waals surface area (Å²) in [7, 11) is 0. The average molecular weight is 321 g/mol. The molecule has 0 aliphatic heterocycles. The Balaban J connectivity index is -0.000000115. The van der Waals surface area contributed by atoms with Gasteiger partial charge in [-0.25, -0.2) is 0 Å². The molecule has 1 aromatic rings. The van der Waals surface area contributed by atoms with Crippen molar-refractivity contribution in [2.24, 2.45) is 0 Å². The van der Waals surface area contributed by atoms with Crippen molar-refractivity contribution in [1.29, 1.82) is 0 Å². The fourth-order valence-corrected chi connectivity index (χ4v) is 1.84. The highest BCUT2D eigenvalue weighted by Crippen LogP contribution is 2.14. The Kier molecular flexibility index (Phi) is 19.1. The molecule has 0 saturated heterocycles. The van der Waals surface area contributed by atoms with Gasteiger partial charge in [-0.15, -0.1) is 19.7 Å². The second-order valence-electron chi connectivity index (χ2n) is 5.44. The molecule has 0 heterocycles. The van der Waals surface area contributed by atoms with E-state index in [-0.39, 0.29) is 4.28 Å².